The molecule has 0 amide bonds. The van der Waals surface area contributed by atoms with Crippen molar-refractivity contribution in [1.82, 2.24) is 0 Å². The van der Waals surface area contributed by atoms with Gasteiger partial charge >= 0.3 is 0 Å². The van der Waals surface area contributed by atoms with Gasteiger partial charge in [0, 0.05) is 6.07 Å². The Morgan fingerprint density at radius 1 is 1.23 bits per heavy atom. The highest BCUT2D eigenvalue weighted by Gasteiger charge is 2.08. The van der Waals surface area contributed by atoms with Gasteiger partial charge in [-0.05, 0) is 35.9 Å². The Balaban J connectivity index is 2.30. The molecular weight excluding hydrogens is 283 g/mol. The highest BCUT2D eigenvalue weighted by Crippen LogP contribution is 2.20. The molecule has 4 nitrogen and oxygen atoms in total. The van der Waals surface area contributed by atoms with Crippen LogP contribution in [-0.4, -0.2) is 4.92 Å². The Hall–Kier alpha value is -3.26. The molecule has 0 aliphatic heterocycles. The molecule has 5 heteroatoms. The van der Waals surface area contributed by atoms with Gasteiger partial charge in [-0.3, -0.25) is 10.1 Å². The molecule has 0 saturated carbocycles. The average molecular weight is 294 g/mol. The number of para-hydroxylation sites is 1. The third kappa shape index (κ3) is 3.64. The second-order valence-corrected chi connectivity index (χ2v) is 4.38. The molecule has 0 heterocycles. The normalized spacial score (nSPS) is 11.4. The molecule has 0 unspecified atom stereocenters. The van der Waals surface area contributed by atoms with Crippen molar-refractivity contribution in [2.24, 2.45) is 0 Å². The van der Waals surface area contributed by atoms with E-state index in [-0.39, 0.29) is 11.3 Å². The van der Waals surface area contributed by atoms with Gasteiger partial charge in [-0.25, -0.2) is 4.39 Å². The maximum absolute atomic E-state index is 13.2. The van der Waals surface area contributed by atoms with E-state index in [1.807, 2.05) is 6.07 Å². The van der Waals surface area contributed by atoms with Crippen molar-refractivity contribution in [3.63, 3.8) is 0 Å². The van der Waals surface area contributed by atoms with E-state index in [0.29, 0.717) is 11.1 Å². The van der Waals surface area contributed by atoms with Crippen LogP contribution >= 0.6 is 0 Å². The van der Waals surface area contributed by atoms with E-state index in [4.69, 9.17) is 5.26 Å². The zero-order chi connectivity index (χ0) is 15.9. The highest BCUT2D eigenvalue weighted by molar-refractivity contribution is 5.79. The zero-order valence-electron chi connectivity index (χ0n) is 11.4. The van der Waals surface area contributed by atoms with Crippen molar-refractivity contribution in [2.75, 3.05) is 0 Å². The lowest BCUT2D eigenvalue weighted by molar-refractivity contribution is -0.385. The molecule has 0 aliphatic rings. The SMILES string of the molecule is N#C/C(=C/C=C/c1ccccc1[N+](=O)[O-])c1cccc(F)c1. The molecule has 0 fully saturated rings. The minimum Gasteiger partial charge on any atom is -0.258 e. The Labute approximate surface area is 126 Å². The van der Waals surface area contributed by atoms with Gasteiger partial charge in [-0.2, -0.15) is 5.26 Å². The highest BCUT2D eigenvalue weighted by atomic mass is 19.1. The predicted molar refractivity (Wildman–Crippen MR) is 82.1 cm³/mol. The third-order valence-corrected chi connectivity index (χ3v) is 2.93. The molecule has 0 saturated heterocycles. The molecule has 0 bridgehead atoms. The summed E-state index contributed by atoms with van der Waals surface area (Å²) in [7, 11) is 0. The fraction of sp³-hybridized carbons (Fsp3) is 0. The van der Waals surface area contributed by atoms with Crippen LogP contribution in [-0.2, 0) is 0 Å². The van der Waals surface area contributed by atoms with Gasteiger partial charge in [0.15, 0.2) is 0 Å². The molecule has 0 aromatic heterocycles. The minimum atomic E-state index is -0.471. The first-order valence-corrected chi connectivity index (χ1v) is 6.39. The van der Waals surface area contributed by atoms with Crippen LogP contribution in [0.5, 0.6) is 0 Å². The maximum Gasteiger partial charge on any atom is 0.276 e. The van der Waals surface area contributed by atoms with Crippen LogP contribution in [0.2, 0.25) is 0 Å². The number of nitro benzene ring substituents is 1. The van der Waals surface area contributed by atoms with Crippen molar-refractivity contribution in [3.8, 4) is 6.07 Å². The first kappa shape index (κ1) is 15.1. The molecule has 22 heavy (non-hydrogen) atoms. The summed E-state index contributed by atoms with van der Waals surface area (Å²) >= 11 is 0. The molecular formula is C17H11FN2O2. The lowest BCUT2D eigenvalue weighted by Crippen LogP contribution is -1.90. The number of rotatable bonds is 4. The monoisotopic (exact) mass is 294 g/mol. The topological polar surface area (TPSA) is 66.9 Å². The summed E-state index contributed by atoms with van der Waals surface area (Å²) in [5.74, 6) is -0.429. The van der Waals surface area contributed by atoms with E-state index < -0.39 is 10.7 Å². The summed E-state index contributed by atoms with van der Waals surface area (Å²) in [4.78, 5) is 10.4. The summed E-state index contributed by atoms with van der Waals surface area (Å²) in [6, 6.07) is 13.9. The third-order valence-electron chi connectivity index (χ3n) is 2.93. The Bertz CT molecular complexity index is 804. The molecule has 2 rings (SSSR count). The zero-order valence-corrected chi connectivity index (χ0v) is 11.4. The van der Waals surface area contributed by atoms with Gasteiger partial charge < -0.3 is 0 Å². The van der Waals surface area contributed by atoms with E-state index in [1.165, 1.54) is 42.5 Å². The van der Waals surface area contributed by atoms with Crippen molar-refractivity contribution in [3.05, 3.63) is 87.7 Å². The predicted octanol–water partition coefficient (Wildman–Crippen LogP) is 4.35. The molecule has 108 valence electrons. The van der Waals surface area contributed by atoms with Crippen LogP contribution in [0.4, 0.5) is 10.1 Å². The number of allylic oxidation sites excluding steroid dienone is 3. The molecule has 0 aliphatic carbocycles. The number of nitrogens with zero attached hydrogens (tertiary/aromatic N) is 2. The summed E-state index contributed by atoms with van der Waals surface area (Å²) in [6.07, 6.45) is 4.56. The first-order chi connectivity index (χ1) is 10.6. The molecule has 0 N–H and O–H groups in total. The summed E-state index contributed by atoms with van der Waals surface area (Å²) in [5.41, 5.74) is 1.14. The van der Waals surface area contributed by atoms with Gasteiger partial charge in [-0.1, -0.05) is 30.3 Å². The molecule has 0 atom stereocenters. The summed E-state index contributed by atoms with van der Waals surface area (Å²) in [5, 5.41) is 20.0. The fourth-order valence-electron chi connectivity index (χ4n) is 1.90. The number of nitro groups is 1. The van der Waals surface area contributed by atoms with Crippen LogP contribution in [0.15, 0.2) is 60.7 Å². The van der Waals surface area contributed by atoms with Gasteiger partial charge in [0.25, 0.3) is 5.69 Å². The van der Waals surface area contributed by atoms with Crippen LogP contribution in [0.25, 0.3) is 11.6 Å². The quantitative estimate of drug-likeness (QED) is 0.364. The number of benzene rings is 2. The van der Waals surface area contributed by atoms with Gasteiger partial charge in [0.2, 0.25) is 0 Å². The fourth-order valence-corrected chi connectivity index (χ4v) is 1.90. The number of hydrogen-bond acceptors (Lipinski definition) is 3. The van der Waals surface area contributed by atoms with Crippen LogP contribution in [0.1, 0.15) is 11.1 Å². The second kappa shape index (κ2) is 6.95. The number of halogens is 1. The Morgan fingerprint density at radius 3 is 2.68 bits per heavy atom. The van der Waals surface area contributed by atoms with Gasteiger partial charge in [0.05, 0.1) is 22.1 Å². The lowest BCUT2D eigenvalue weighted by Gasteiger charge is -1.98. The smallest absolute Gasteiger partial charge is 0.258 e. The second-order valence-electron chi connectivity index (χ2n) is 4.38. The largest absolute Gasteiger partial charge is 0.276 e. The van der Waals surface area contributed by atoms with Crippen molar-refractivity contribution < 1.29 is 9.31 Å². The minimum absolute atomic E-state index is 0.0172. The molecule has 0 radical (unpaired) electrons. The van der Waals surface area contributed by atoms with E-state index in [9.17, 15) is 14.5 Å². The van der Waals surface area contributed by atoms with E-state index in [0.717, 1.165) is 0 Å². The van der Waals surface area contributed by atoms with Crippen molar-refractivity contribution >= 4 is 17.3 Å². The summed E-state index contributed by atoms with van der Waals surface area (Å²) < 4.78 is 13.2. The Kier molecular flexibility index (Phi) is 4.78. The first-order valence-electron chi connectivity index (χ1n) is 6.39. The van der Waals surface area contributed by atoms with Crippen molar-refractivity contribution in [1.29, 1.82) is 5.26 Å². The Morgan fingerprint density at radius 2 is 2.00 bits per heavy atom. The standard InChI is InChI=1S/C17H11FN2O2/c18-16-9-4-7-14(11-16)15(12-19)8-3-6-13-5-1-2-10-17(13)20(21)22/h1-11H/b6-3+,15-8-. The number of nitriles is 1. The van der Waals surface area contributed by atoms with E-state index >= 15 is 0 Å². The molecule has 2 aromatic carbocycles. The maximum atomic E-state index is 13.2. The van der Waals surface area contributed by atoms with Crippen LogP contribution in [0.3, 0.4) is 0 Å². The van der Waals surface area contributed by atoms with Crippen LogP contribution in [0, 0.1) is 27.3 Å². The van der Waals surface area contributed by atoms with Crippen molar-refractivity contribution in [2.45, 2.75) is 0 Å². The van der Waals surface area contributed by atoms with E-state index in [2.05, 4.69) is 0 Å². The summed E-state index contributed by atoms with van der Waals surface area (Å²) in [6.45, 7) is 0. The average Bonchev–Trinajstić information content (AvgIpc) is 2.52. The number of hydrogen-bond donors (Lipinski definition) is 0. The lowest BCUT2D eigenvalue weighted by atomic mass is 10.1. The van der Waals surface area contributed by atoms with Gasteiger partial charge in [0.1, 0.15) is 5.82 Å². The van der Waals surface area contributed by atoms with E-state index in [1.54, 1.807) is 24.3 Å². The molecule has 0 spiro atoms. The van der Waals surface area contributed by atoms with Gasteiger partial charge in [-0.15, -0.1) is 0 Å². The molecule has 2 aromatic rings. The van der Waals surface area contributed by atoms with Crippen LogP contribution < -0.4 is 0 Å².